The third-order valence-corrected chi connectivity index (χ3v) is 1.40. The maximum absolute atomic E-state index is 12.5. The highest BCUT2D eigenvalue weighted by Crippen LogP contribution is 1.99. The molecule has 0 unspecified atom stereocenters. The Hall–Kier alpha value is -1.12. The Morgan fingerprint density at radius 2 is 2.18 bits per heavy atom. The molecule has 0 spiro atoms. The second-order valence-corrected chi connectivity index (χ2v) is 2.29. The highest BCUT2D eigenvalue weighted by molar-refractivity contribution is 6.32. The lowest BCUT2D eigenvalue weighted by Gasteiger charge is -1.98. The number of hydrogen-bond acceptors (Lipinski definition) is 1. The summed E-state index contributed by atoms with van der Waals surface area (Å²) in [6.07, 6.45) is 0. The first-order valence-electron chi connectivity index (χ1n) is 3.17. The van der Waals surface area contributed by atoms with Crippen LogP contribution in [-0.2, 0) is 0 Å². The van der Waals surface area contributed by atoms with E-state index in [1.807, 2.05) is 0 Å². The zero-order valence-electron chi connectivity index (χ0n) is 6.10. The molecule has 0 bridgehead atoms. The summed E-state index contributed by atoms with van der Waals surface area (Å²) in [7, 11) is 5.23. The van der Waals surface area contributed by atoms with E-state index >= 15 is 0 Å². The molecule has 0 fully saturated rings. The first kappa shape index (κ1) is 7.99. The molecule has 11 heavy (non-hydrogen) atoms. The van der Waals surface area contributed by atoms with Crippen molar-refractivity contribution in [1.29, 1.82) is 0 Å². The zero-order chi connectivity index (χ0) is 8.43. The van der Waals surface area contributed by atoms with Crippen LogP contribution < -0.4 is 5.46 Å². The predicted molar refractivity (Wildman–Crippen MR) is 41.8 cm³/mol. The fourth-order valence-electron chi connectivity index (χ4n) is 0.763. The van der Waals surface area contributed by atoms with Gasteiger partial charge in [-0.05, 0) is 19.1 Å². The minimum absolute atomic E-state index is 0.0118. The van der Waals surface area contributed by atoms with Crippen LogP contribution >= 0.6 is 0 Å². The molecular weight excluding hydrogens is 142 g/mol. The van der Waals surface area contributed by atoms with E-state index in [2.05, 4.69) is 0 Å². The maximum Gasteiger partial charge on any atom is 0.159 e. The van der Waals surface area contributed by atoms with Gasteiger partial charge in [-0.3, -0.25) is 4.79 Å². The van der Waals surface area contributed by atoms with Gasteiger partial charge < -0.3 is 0 Å². The fourth-order valence-corrected chi connectivity index (χ4v) is 0.763. The Labute approximate surface area is 65.6 Å². The standard InChI is InChI=1S/C8H6BFO/c1-5(11)6-2-3-8(10)7(9)4-6/h2-4H,1H3. The van der Waals surface area contributed by atoms with Crippen molar-refractivity contribution < 1.29 is 9.18 Å². The van der Waals surface area contributed by atoms with Crippen molar-refractivity contribution in [1.82, 2.24) is 0 Å². The van der Waals surface area contributed by atoms with Gasteiger partial charge in [0.15, 0.2) is 5.78 Å². The Morgan fingerprint density at radius 1 is 1.55 bits per heavy atom. The van der Waals surface area contributed by atoms with E-state index in [9.17, 15) is 9.18 Å². The van der Waals surface area contributed by atoms with Gasteiger partial charge in [-0.25, -0.2) is 4.39 Å². The third kappa shape index (κ3) is 1.67. The summed E-state index contributed by atoms with van der Waals surface area (Å²) in [5.41, 5.74) is 0.446. The number of Topliss-reactive ketones (excluding diaryl/α,β-unsaturated/α-hetero) is 1. The molecule has 0 atom stereocenters. The van der Waals surface area contributed by atoms with Gasteiger partial charge in [0.25, 0.3) is 0 Å². The minimum atomic E-state index is -0.491. The molecule has 1 nitrogen and oxygen atoms in total. The first-order valence-corrected chi connectivity index (χ1v) is 3.17. The number of ketones is 1. The summed E-state index contributed by atoms with van der Waals surface area (Å²) in [5.74, 6) is -0.605. The lowest BCUT2D eigenvalue weighted by molar-refractivity contribution is 0.101. The number of carbonyl (C=O) groups excluding carboxylic acids is 1. The van der Waals surface area contributed by atoms with Gasteiger partial charge >= 0.3 is 0 Å². The number of hydrogen-bond donors (Lipinski definition) is 0. The summed E-state index contributed by atoms with van der Waals surface area (Å²) in [4.78, 5) is 10.7. The Balaban J connectivity index is 3.15. The third-order valence-electron chi connectivity index (χ3n) is 1.40. The molecule has 1 rings (SSSR count). The lowest BCUT2D eigenvalue weighted by Crippen LogP contribution is -2.10. The zero-order valence-corrected chi connectivity index (χ0v) is 6.10. The number of carbonyl (C=O) groups is 1. The van der Waals surface area contributed by atoms with Crippen LogP contribution in [-0.4, -0.2) is 13.6 Å². The van der Waals surface area contributed by atoms with Crippen LogP contribution in [0.25, 0.3) is 0 Å². The number of benzene rings is 1. The molecule has 0 heterocycles. The van der Waals surface area contributed by atoms with E-state index in [-0.39, 0.29) is 11.2 Å². The molecule has 1 aromatic rings. The van der Waals surface area contributed by atoms with Gasteiger partial charge in [0.2, 0.25) is 0 Å². The molecular formula is C8H6BFO. The van der Waals surface area contributed by atoms with Gasteiger partial charge in [0.1, 0.15) is 13.7 Å². The number of halogens is 1. The van der Waals surface area contributed by atoms with E-state index in [0.717, 1.165) is 0 Å². The fraction of sp³-hybridized carbons (Fsp3) is 0.125. The van der Waals surface area contributed by atoms with Crippen LogP contribution in [0.4, 0.5) is 4.39 Å². The van der Waals surface area contributed by atoms with Gasteiger partial charge in [-0.2, -0.15) is 0 Å². The van der Waals surface area contributed by atoms with Crippen LogP contribution in [0.3, 0.4) is 0 Å². The largest absolute Gasteiger partial charge is 0.295 e. The normalized spacial score (nSPS) is 9.64. The van der Waals surface area contributed by atoms with Gasteiger partial charge in [-0.15, -0.1) is 0 Å². The van der Waals surface area contributed by atoms with Crippen molar-refractivity contribution in [2.45, 2.75) is 6.92 Å². The van der Waals surface area contributed by atoms with Gasteiger partial charge in [0.05, 0.1) is 0 Å². The minimum Gasteiger partial charge on any atom is -0.295 e. The molecule has 0 aromatic heterocycles. The van der Waals surface area contributed by atoms with Crippen molar-refractivity contribution in [3.05, 3.63) is 29.6 Å². The molecule has 0 aliphatic heterocycles. The van der Waals surface area contributed by atoms with Crippen LogP contribution in [0.2, 0.25) is 0 Å². The maximum atomic E-state index is 12.5. The lowest BCUT2D eigenvalue weighted by atomic mass is 9.93. The highest BCUT2D eigenvalue weighted by Gasteiger charge is 2.01. The van der Waals surface area contributed by atoms with E-state index in [1.165, 1.54) is 25.1 Å². The molecule has 0 saturated heterocycles. The average Bonchev–Trinajstić information content (AvgIpc) is 1.94. The molecule has 0 amide bonds. The van der Waals surface area contributed by atoms with E-state index < -0.39 is 5.82 Å². The van der Waals surface area contributed by atoms with Crippen LogP contribution in [0, 0.1) is 5.82 Å². The molecule has 0 saturated carbocycles. The van der Waals surface area contributed by atoms with Crippen molar-refractivity contribution in [3.63, 3.8) is 0 Å². The molecule has 1 aromatic carbocycles. The van der Waals surface area contributed by atoms with Crippen molar-refractivity contribution in [2.75, 3.05) is 0 Å². The first-order chi connectivity index (χ1) is 5.11. The van der Waals surface area contributed by atoms with Crippen LogP contribution in [0.15, 0.2) is 18.2 Å². The average molecular weight is 148 g/mol. The Kier molecular flexibility index (Phi) is 2.08. The second-order valence-electron chi connectivity index (χ2n) is 2.29. The van der Waals surface area contributed by atoms with Crippen molar-refractivity contribution in [2.24, 2.45) is 0 Å². The summed E-state index contributed by atoms with van der Waals surface area (Å²) in [6.45, 7) is 1.41. The summed E-state index contributed by atoms with van der Waals surface area (Å²) < 4.78 is 12.5. The van der Waals surface area contributed by atoms with Crippen molar-refractivity contribution >= 4 is 19.1 Å². The number of rotatable bonds is 1. The Morgan fingerprint density at radius 3 is 2.64 bits per heavy atom. The summed E-state index contributed by atoms with van der Waals surface area (Å²) >= 11 is 0. The summed E-state index contributed by atoms with van der Waals surface area (Å²) in [5, 5.41) is 0. The summed E-state index contributed by atoms with van der Waals surface area (Å²) in [6, 6.07) is 3.93. The molecule has 0 aliphatic carbocycles. The quantitative estimate of drug-likeness (QED) is 0.425. The molecule has 3 heteroatoms. The smallest absolute Gasteiger partial charge is 0.159 e. The van der Waals surface area contributed by atoms with Crippen molar-refractivity contribution in [3.8, 4) is 0 Å². The SMILES string of the molecule is [B]c1cc(C(C)=O)ccc1F. The van der Waals surface area contributed by atoms with E-state index in [1.54, 1.807) is 0 Å². The molecule has 54 valence electrons. The second kappa shape index (κ2) is 2.87. The van der Waals surface area contributed by atoms with E-state index in [4.69, 9.17) is 7.85 Å². The molecule has 0 N–H and O–H groups in total. The predicted octanol–water partition coefficient (Wildman–Crippen LogP) is 0.822. The van der Waals surface area contributed by atoms with Crippen LogP contribution in [0.1, 0.15) is 17.3 Å². The van der Waals surface area contributed by atoms with Crippen LogP contribution in [0.5, 0.6) is 0 Å². The Bertz CT molecular complexity index is 296. The van der Waals surface area contributed by atoms with Gasteiger partial charge in [-0.1, -0.05) is 11.5 Å². The van der Waals surface area contributed by atoms with E-state index in [0.29, 0.717) is 5.56 Å². The molecule has 2 radical (unpaired) electrons. The topological polar surface area (TPSA) is 17.1 Å². The van der Waals surface area contributed by atoms with Gasteiger partial charge in [0, 0.05) is 5.56 Å². The molecule has 0 aliphatic rings. The monoisotopic (exact) mass is 148 g/mol. The highest BCUT2D eigenvalue weighted by atomic mass is 19.1.